The molecule has 82 valence electrons. The van der Waals surface area contributed by atoms with Gasteiger partial charge in [0, 0.05) is 0 Å². The minimum atomic E-state index is -0.926. The fourth-order valence-electron chi connectivity index (χ4n) is 1.12. The van der Waals surface area contributed by atoms with E-state index in [0.717, 1.165) is 0 Å². The zero-order valence-electron chi connectivity index (χ0n) is 8.51. The first kappa shape index (κ1) is 11.7. The van der Waals surface area contributed by atoms with E-state index in [1.165, 1.54) is 6.92 Å². The number of rotatable bonds is 5. The largest absolute Gasteiger partial charge is 0.490 e. The molecule has 0 bridgehead atoms. The Labute approximate surface area is 88.1 Å². The number of ketones is 1. The van der Waals surface area contributed by atoms with Crippen LogP contribution in [0.2, 0.25) is 0 Å². The average molecular weight is 210 g/mol. The first-order valence-electron chi connectivity index (χ1n) is 4.67. The van der Waals surface area contributed by atoms with Crippen LogP contribution in [0.25, 0.3) is 0 Å². The molecule has 0 aliphatic carbocycles. The van der Waals surface area contributed by atoms with Crippen molar-refractivity contribution in [2.45, 2.75) is 13.0 Å². The van der Waals surface area contributed by atoms with Gasteiger partial charge in [0.2, 0.25) is 0 Å². The summed E-state index contributed by atoms with van der Waals surface area (Å²) in [6.45, 7) is 1.06. The van der Waals surface area contributed by atoms with Gasteiger partial charge in [-0.05, 0) is 19.1 Å². The van der Waals surface area contributed by atoms with Gasteiger partial charge in [0.05, 0.1) is 12.2 Å². The number of para-hydroxylation sites is 1. The third kappa shape index (κ3) is 3.34. The molecule has 1 atom stereocenters. The molecule has 1 aromatic carbocycles. The standard InChI is InChI=1S/C11H14O4/c1-8(13)10-4-2-3-5-11(10)15-7-9(14)6-12/h2-5,9,12,14H,6-7H2,1H3. The Morgan fingerprint density at radius 3 is 2.73 bits per heavy atom. The van der Waals surface area contributed by atoms with Gasteiger partial charge in [-0.3, -0.25) is 4.79 Å². The molecule has 0 fully saturated rings. The summed E-state index contributed by atoms with van der Waals surface area (Å²) in [5, 5.41) is 17.7. The van der Waals surface area contributed by atoms with Crippen LogP contribution in [0.5, 0.6) is 5.75 Å². The van der Waals surface area contributed by atoms with E-state index in [1.54, 1.807) is 24.3 Å². The van der Waals surface area contributed by atoms with Crippen LogP contribution < -0.4 is 4.74 Å². The molecule has 1 aromatic rings. The summed E-state index contributed by atoms with van der Waals surface area (Å²) in [6.07, 6.45) is -0.926. The molecule has 2 N–H and O–H groups in total. The molecule has 15 heavy (non-hydrogen) atoms. The topological polar surface area (TPSA) is 66.8 Å². The van der Waals surface area contributed by atoms with E-state index >= 15 is 0 Å². The van der Waals surface area contributed by atoms with Crippen molar-refractivity contribution in [2.24, 2.45) is 0 Å². The van der Waals surface area contributed by atoms with Gasteiger partial charge in [-0.2, -0.15) is 0 Å². The number of aliphatic hydroxyl groups excluding tert-OH is 2. The molecule has 0 spiro atoms. The van der Waals surface area contributed by atoms with Crippen LogP contribution in [0, 0.1) is 0 Å². The quantitative estimate of drug-likeness (QED) is 0.699. The summed E-state index contributed by atoms with van der Waals surface area (Å²) in [7, 11) is 0. The Morgan fingerprint density at radius 2 is 2.13 bits per heavy atom. The van der Waals surface area contributed by atoms with Crippen molar-refractivity contribution < 1.29 is 19.7 Å². The molecule has 0 aliphatic heterocycles. The van der Waals surface area contributed by atoms with E-state index in [0.29, 0.717) is 11.3 Å². The summed E-state index contributed by atoms with van der Waals surface area (Å²) < 4.78 is 5.22. The predicted octanol–water partition coefficient (Wildman–Crippen LogP) is 0.621. The zero-order chi connectivity index (χ0) is 11.3. The van der Waals surface area contributed by atoms with Crippen LogP contribution in [0.15, 0.2) is 24.3 Å². The Kier molecular flexibility index (Phi) is 4.27. The van der Waals surface area contributed by atoms with E-state index < -0.39 is 6.10 Å². The highest BCUT2D eigenvalue weighted by atomic mass is 16.5. The molecule has 0 saturated heterocycles. The SMILES string of the molecule is CC(=O)c1ccccc1OCC(O)CO. The van der Waals surface area contributed by atoms with Crippen LogP contribution in [0.3, 0.4) is 0 Å². The van der Waals surface area contributed by atoms with Gasteiger partial charge in [-0.1, -0.05) is 12.1 Å². The van der Waals surface area contributed by atoms with E-state index in [4.69, 9.17) is 14.9 Å². The van der Waals surface area contributed by atoms with Gasteiger partial charge in [0.1, 0.15) is 18.5 Å². The number of ether oxygens (including phenoxy) is 1. The Balaban J connectivity index is 2.72. The van der Waals surface area contributed by atoms with Crippen molar-refractivity contribution in [3.8, 4) is 5.75 Å². The van der Waals surface area contributed by atoms with Crippen molar-refractivity contribution in [3.63, 3.8) is 0 Å². The van der Waals surface area contributed by atoms with Gasteiger partial charge in [-0.25, -0.2) is 0 Å². The number of hydrogen-bond acceptors (Lipinski definition) is 4. The molecule has 0 aliphatic rings. The molecule has 0 amide bonds. The molecular formula is C11H14O4. The van der Waals surface area contributed by atoms with Gasteiger partial charge < -0.3 is 14.9 Å². The first-order valence-corrected chi connectivity index (χ1v) is 4.67. The van der Waals surface area contributed by atoms with Crippen LogP contribution in [-0.4, -0.2) is 35.3 Å². The van der Waals surface area contributed by atoms with Crippen molar-refractivity contribution in [3.05, 3.63) is 29.8 Å². The van der Waals surface area contributed by atoms with E-state index in [2.05, 4.69) is 0 Å². The van der Waals surface area contributed by atoms with Crippen LogP contribution in [0.4, 0.5) is 0 Å². The van der Waals surface area contributed by atoms with E-state index in [-0.39, 0.29) is 19.0 Å². The second-order valence-corrected chi connectivity index (χ2v) is 3.20. The molecule has 0 radical (unpaired) electrons. The van der Waals surface area contributed by atoms with Crippen LogP contribution in [-0.2, 0) is 0 Å². The molecule has 4 heteroatoms. The van der Waals surface area contributed by atoms with Gasteiger partial charge in [-0.15, -0.1) is 0 Å². The normalized spacial score (nSPS) is 12.2. The number of aliphatic hydroxyl groups is 2. The lowest BCUT2D eigenvalue weighted by molar-refractivity contribution is 0.0531. The number of carbonyl (C=O) groups excluding carboxylic acids is 1. The lowest BCUT2D eigenvalue weighted by Crippen LogP contribution is -2.21. The third-order valence-corrected chi connectivity index (χ3v) is 1.91. The number of Topliss-reactive ketones (excluding diaryl/α,β-unsaturated/α-hetero) is 1. The Bertz CT molecular complexity index is 335. The Hall–Kier alpha value is -1.39. The van der Waals surface area contributed by atoms with Crippen molar-refractivity contribution in [2.75, 3.05) is 13.2 Å². The number of hydrogen-bond donors (Lipinski definition) is 2. The second-order valence-electron chi connectivity index (χ2n) is 3.20. The number of benzene rings is 1. The molecule has 0 saturated carbocycles. The van der Waals surface area contributed by atoms with Crippen molar-refractivity contribution >= 4 is 5.78 Å². The summed E-state index contributed by atoms with van der Waals surface area (Å²) in [5.41, 5.74) is 0.475. The lowest BCUT2D eigenvalue weighted by Gasteiger charge is -2.11. The summed E-state index contributed by atoms with van der Waals surface area (Å²) in [5.74, 6) is 0.335. The minimum absolute atomic E-state index is 0.0270. The molecule has 1 unspecified atom stereocenters. The molecule has 4 nitrogen and oxygen atoms in total. The maximum Gasteiger partial charge on any atom is 0.163 e. The Morgan fingerprint density at radius 1 is 1.47 bits per heavy atom. The molecule has 1 rings (SSSR count). The number of carbonyl (C=O) groups is 1. The maximum atomic E-state index is 11.2. The smallest absolute Gasteiger partial charge is 0.163 e. The van der Waals surface area contributed by atoms with Crippen molar-refractivity contribution in [1.29, 1.82) is 0 Å². The summed E-state index contributed by atoms with van der Waals surface area (Å²) in [6, 6.07) is 6.79. The van der Waals surface area contributed by atoms with Gasteiger partial charge >= 0.3 is 0 Å². The molecule has 0 heterocycles. The monoisotopic (exact) mass is 210 g/mol. The summed E-state index contributed by atoms with van der Waals surface area (Å²) in [4.78, 5) is 11.2. The predicted molar refractivity (Wildman–Crippen MR) is 55.0 cm³/mol. The van der Waals surface area contributed by atoms with E-state index in [1.807, 2.05) is 0 Å². The second kappa shape index (κ2) is 5.48. The summed E-state index contributed by atoms with van der Waals surface area (Å²) >= 11 is 0. The fourth-order valence-corrected chi connectivity index (χ4v) is 1.12. The van der Waals surface area contributed by atoms with E-state index in [9.17, 15) is 4.79 Å². The fraction of sp³-hybridized carbons (Fsp3) is 0.364. The molecule has 0 aromatic heterocycles. The highest BCUT2D eigenvalue weighted by Gasteiger charge is 2.09. The van der Waals surface area contributed by atoms with Crippen molar-refractivity contribution in [1.82, 2.24) is 0 Å². The zero-order valence-corrected chi connectivity index (χ0v) is 8.51. The molecular weight excluding hydrogens is 196 g/mol. The average Bonchev–Trinajstić information content (AvgIpc) is 2.26. The first-order chi connectivity index (χ1) is 7.15. The minimum Gasteiger partial charge on any atom is -0.490 e. The van der Waals surface area contributed by atoms with Gasteiger partial charge in [0.25, 0.3) is 0 Å². The van der Waals surface area contributed by atoms with Gasteiger partial charge in [0.15, 0.2) is 5.78 Å². The highest BCUT2D eigenvalue weighted by molar-refractivity contribution is 5.96. The highest BCUT2D eigenvalue weighted by Crippen LogP contribution is 2.18. The van der Waals surface area contributed by atoms with Crippen LogP contribution >= 0.6 is 0 Å². The lowest BCUT2D eigenvalue weighted by atomic mass is 10.1. The van der Waals surface area contributed by atoms with Crippen LogP contribution in [0.1, 0.15) is 17.3 Å². The maximum absolute atomic E-state index is 11.2. The third-order valence-electron chi connectivity index (χ3n) is 1.91.